The zero-order chi connectivity index (χ0) is 15.5. The van der Waals surface area contributed by atoms with Gasteiger partial charge < -0.3 is 9.64 Å². The van der Waals surface area contributed by atoms with E-state index < -0.39 is 0 Å². The molecule has 2 heteroatoms. The lowest BCUT2D eigenvalue weighted by Crippen LogP contribution is -2.37. The second kappa shape index (κ2) is 6.70. The molecule has 3 rings (SSSR count). The lowest BCUT2D eigenvalue weighted by molar-refractivity contribution is 0.167. The summed E-state index contributed by atoms with van der Waals surface area (Å²) < 4.78 is 5.31. The highest BCUT2D eigenvalue weighted by Crippen LogP contribution is 2.33. The molecule has 0 amide bonds. The molecule has 0 N–H and O–H groups in total. The van der Waals surface area contributed by atoms with Crippen LogP contribution in [0.3, 0.4) is 0 Å². The van der Waals surface area contributed by atoms with Crippen LogP contribution in [0, 0.1) is 5.92 Å². The minimum absolute atomic E-state index is 0.626. The number of methoxy groups -OCH3 is 1. The van der Waals surface area contributed by atoms with Gasteiger partial charge in [0.15, 0.2) is 0 Å². The molecule has 22 heavy (non-hydrogen) atoms. The van der Waals surface area contributed by atoms with Crippen molar-refractivity contribution in [2.45, 2.75) is 32.6 Å². The number of fused-ring (bicyclic) bond motifs is 1. The predicted octanol–water partition coefficient (Wildman–Crippen LogP) is 4.68. The van der Waals surface area contributed by atoms with Crippen molar-refractivity contribution in [3.05, 3.63) is 42.0 Å². The fourth-order valence-corrected chi connectivity index (χ4v) is 3.71. The molecule has 0 saturated carbocycles. The number of hydrogen-bond donors (Lipinski definition) is 0. The molecule has 0 bridgehead atoms. The molecule has 1 saturated heterocycles. The molecule has 2 atom stereocenters. The van der Waals surface area contributed by atoms with Gasteiger partial charge in [0.1, 0.15) is 5.75 Å². The lowest BCUT2D eigenvalue weighted by atomic mass is 9.82. The minimum Gasteiger partial charge on any atom is -0.497 e. The van der Waals surface area contributed by atoms with Gasteiger partial charge in [0.2, 0.25) is 0 Å². The molecule has 2 aromatic carbocycles. The van der Waals surface area contributed by atoms with Gasteiger partial charge in [-0.05, 0) is 66.2 Å². The first-order valence-electron chi connectivity index (χ1n) is 8.51. The Hall–Kier alpha value is -1.54. The highest BCUT2D eigenvalue weighted by Gasteiger charge is 2.24. The molecule has 2 unspecified atom stereocenters. The van der Waals surface area contributed by atoms with E-state index in [0.29, 0.717) is 5.92 Å². The number of hydrogen-bond acceptors (Lipinski definition) is 2. The van der Waals surface area contributed by atoms with E-state index in [1.54, 1.807) is 7.11 Å². The average Bonchev–Trinajstić information content (AvgIpc) is 2.60. The zero-order valence-corrected chi connectivity index (χ0v) is 14.0. The first-order valence-corrected chi connectivity index (χ1v) is 8.51. The van der Waals surface area contributed by atoms with Gasteiger partial charge in [-0.25, -0.2) is 0 Å². The number of nitrogens with zero attached hydrogens (tertiary/aromatic N) is 1. The third-order valence-electron chi connectivity index (χ3n) is 5.29. The second-order valence-corrected chi connectivity index (χ2v) is 6.56. The Morgan fingerprint density at radius 1 is 1.18 bits per heavy atom. The highest BCUT2D eigenvalue weighted by molar-refractivity contribution is 5.84. The first-order chi connectivity index (χ1) is 10.7. The van der Waals surface area contributed by atoms with Crippen LogP contribution in [0.2, 0.25) is 0 Å². The van der Waals surface area contributed by atoms with E-state index in [-0.39, 0.29) is 0 Å². The molecule has 0 aliphatic carbocycles. The molecule has 1 fully saturated rings. The van der Waals surface area contributed by atoms with Gasteiger partial charge in [-0.2, -0.15) is 0 Å². The van der Waals surface area contributed by atoms with E-state index in [0.717, 1.165) is 11.7 Å². The summed E-state index contributed by atoms with van der Waals surface area (Å²) >= 11 is 0. The van der Waals surface area contributed by atoms with Crippen molar-refractivity contribution in [3.8, 4) is 5.75 Å². The molecule has 118 valence electrons. The standard InChI is InChI=1S/C20H27NO/c1-4-21-11-5-6-19(14-21)15(2)16-7-8-18-13-20(22-3)10-9-17(18)12-16/h7-10,12-13,15,19H,4-6,11,14H2,1-3H3. The van der Waals surface area contributed by atoms with Gasteiger partial charge in [0.05, 0.1) is 7.11 Å². The summed E-state index contributed by atoms with van der Waals surface area (Å²) in [6.07, 6.45) is 2.70. The quantitative estimate of drug-likeness (QED) is 0.812. The number of piperidine rings is 1. The maximum Gasteiger partial charge on any atom is 0.119 e. The van der Waals surface area contributed by atoms with E-state index >= 15 is 0 Å². The van der Waals surface area contributed by atoms with Crippen LogP contribution in [0.1, 0.15) is 38.2 Å². The smallest absolute Gasteiger partial charge is 0.119 e. The Morgan fingerprint density at radius 2 is 1.95 bits per heavy atom. The summed E-state index contributed by atoms with van der Waals surface area (Å²) in [6.45, 7) is 8.38. The molecular formula is C20H27NO. The Bertz CT molecular complexity index is 637. The van der Waals surface area contributed by atoms with Gasteiger partial charge in [0, 0.05) is 6.54 Å². The Kier molecular flexibility index (Phi) is 4.68. The van der Waals surface area contributed by atoms with E-state index in [1.807, 2.05) is 0 Å². The monoisotopic (exact) mass is 297 g/mol. The van der Waals surface area contributed by atoms with Gasteiger partial charge in [-0.3, -0.25) is 0 Å². The first kappa shape index (κ1) is 15.4. The lowest BCUT2D eigenvalue weighted by Gasteiger charge is -2.35. The summed E-state index contributed by atoms with van der Waals surface area (Å²) in [7, 11) is 1.72. The van der Waals surface area contributed by atoms with Crippen molar-refractivity contribution in [2.75, 3.05) is 26.7 Å². The zero-order valence-electron chi connectivity index (χ0n) is 14.0. The molecule has 0 radical (unpaired) electrons. The van der Waals surface area contributed by atoms with Crippen molar-refractivity contribution >= 4 is 10.8 Å². The Balaban J connectivity index is 1.83. The van der Waals surface area contributed by atoms with Crippen LogP contribution >= 0.6 is 0 Å². The second-order valence-electron chi connectivity index (χ2n) is 6.56. The maximum absolute atomic E-state index is 5.31. The van der Waals surface area contributed by atoms with Crippen LogP contribution < -0.4 is 4.74 Å². The molecular weight excluding hydrogens is 270 g/mol. The maximum atomic E-state index is 5.31. The number of rotatable bonds is 4. The Labute approximate surface area is 134 Å². The minimum atomic E-state index is 0.626. The average molecular weight is 297 g/mol. The number of likely N-dealkylation sites (tertiary alicyclic amines) is 1. The van der Waals surface area contributed by atoms with Gasteiger partial charge in [-0.1, -0.05) is 38.1 Å². The van der Waals surface area contributed by atoms with E-state index in [4.69, 9.17) is 4.74 Å². The van der Waals surface area contributed by atoms with Crippen LogP contribution in [0.5, 0.6) is 5.75 Å². The van der Waals surface area contributed by atoms with Crippen LogP contribution in [-0.2, 0) is 0 Å². The number of benzene rings is 2. The summed E-state index contributed by atoms with van der Waals surface area (Å²) in [5, 5.41) is 2.57. The molecule has 2 nitrogen and oxygen atoms in total. The molecule has 1 aliphatic heterocycles. The van der Waals surface area contributed by atoms with Crippen molar-refractivity contribution < 1.29 is 4.74 Å². The van der Waals surface area contributed by atoms with Crippen LogP contribution in [-0.4, -0.2) is 31.6 Å². The van der Waals surface area contributed by atoms with Gasteiger partial charge in [-0.15, -0.1) is 0 Å². The SMILES string of the molecule is CCN1CCCC(C(C)c2ccc3cc(OC)ccc3c2)C1. The molecule has 1 aliphatic rings. The van der Waals surface area contributed by atoms with Crippen LogP contribution in [0.15, 0.2) is 36.4 Å². The number of ether oxygens (including phenoxy) is 1. The van der Waals surface area contributed by atoms with Crippen molar-refractivity contribution in [1.82, 2.24) is 4.90 Å². The molecule has 1 heterocycles. The summed E-state index contributed by atoms with van der Waals surface area (Å²) in [5.41, 5.74) is 1.47. The van der Waals surface area contributed by atoms with Crippen molar-refractivity contribution in [3.63, 3.8) is 0 Å². The van der Waals surface area contributed by atoms with Gasteiger partial charge in [0.25, 0.3) is 0 Å². The molecule has 2 aromatic rings. The fraction of sp³-hybridized carbons (Fsp3) is 0.500. The van der Waals surface area contributed by atoms with E-state index in [9.17, 15) is 0 Å². The van der Waals surface area contributed by atoms with Crippen LogP contribution in [0.25, 0.3) is 10.8 Å². The van der Waals surface area contributed by atoms with E-state index in [2.05, 4.69) is 55.1 Å². The summed E-state index contributed by atoms with van der Waals surface area (Å²) in [4.78, 5) is 2.59. The summed E-state index contributed by atoms with van der Waals surface area (Å²) in [6, 6.07) is 13.2. The Morgan fingerprint density at radius 3 is 2.73 bits per heavy atom. The highest BCUT2D eigenvalue weighted by atomic mass is 16.5. The molecule has 0 spiro atoms. The van der Waals surface area contributed by atoms with Crippen LogP contribution in [0.4, 0.5) is 0 Å². The van der Waals surface area contributed by atoms with Crippen molar-refractivity contribution in [1.29, 1.82) is 0 Å². The fourth-order valence-electron chi connectivity index (χ4n) is 3.71. The third kappa shape index (κ3) is 3.12. The molecule has 0 aromatic heterocycles. The predicted molar refractivity (Wildman–Crippen MR) is 93.8 cm³/mol. The third-order valence-corrected chi connectivity index (χ3v) is 5.29. The van der Waals surface area contributed by atoms with Crippen molar-refractivity contribution in [2.24, 2.45) is 5.92 Å². The van der Waals surface area contributed by atoms with Gasteiger partial charge >= 0.3 is 0 Å². The topological polar surface area (TPSA) is 12.5 Å². The van der Waals surface area contributed by atoms with E-state index in [1.165, 1.54) is 48.8 Å². The largest absolute Gasteiger partial charge is 0.497 e. The summed E-state index contributed by atoms with van der Waals surface area (Å²) in [5.74, 6) is 2.34. The normalized spacial score (nSPS) is 21.0.